The van der Waals surface area contributed by atoms with E-state index < -0.39 is 5.97 Å². The normalized spacial score (nSPS) is 10.9. The van der Waals surface area contributed by atoms with Gasteiger partial charge in [0.25, 0.3) is 0 Å². The Balaban J connectivity index is 3.73. The summed E-state index contributed by atoms with van der Waals surface area (Å²) < 4.78 is 0. The van der Waals surface area contributed by atoms with Gasteiger partial charge in [-0.05, 0) is 18.3 Å². The predicted molar refractivity (Wildman–Crippen MR) is 57.7 cm³/mol. The third-order valence-corrected chi connectivity index (χ3v) is 2.33. The summed E-state index contributed by atoms with van der Waals surface area (Å²) in [5, 5.41) is 13.7. The van der Waals surface area contributed by atoms with Crippen LogP contribution in [-0.2, 0) is 4.79 Å². The van der Waals surface area contributed by atoms with E-state index in [2.05, 4.69) is 10.6 Å². The van der Waals surface area contributed by atoms with Gasteiger partial charge in [0.05, 0.1) is 0 Å². The molecule has 0 bridgehead atoms. The molecule has 0 aliphatic rings. The molecule has 0 aromatic rings. The van der Waals surface area contributed by atoms with Crippen molar-refractivity contribution < 1.29 is 14.7 Å². The summed E-state index contributed by atoms with van der Waals surface area (Å²) in [5.41, 5.74) is -0.0561. The van der Waals surface area contributed by atoms with Gasteiger partial charge in [-0.25, -0.2) is 4.79 Å². The Bertz CT molecular complexity index is 227. The molecule has 0 aromatic heterocycles. The second-order valence-corrected chi connectivity index (χ2v) is 4.31. The fourth-order valence-electron chi connectivity index (χ4n) is 1.17. The Morgan fingerprint density at radius 3 is 2.33 bits per heavy atom. The van der Waals surface area contributed by atoms with Gasteiger partial charge in [-0.1, -0.05) is 13.8 Å². The van der Waals surface area contributed by atoms with Gasteiger partial charge in [-0.3, -0.25) is 4.79 Å². The number of carbonyl (C=O) groups excluding carboxylic acids is 1. The molecule has 15 heavy (non-hydrogen) atoms. The number of urea groups is 1. The number of amides is 2. The third kappa shape index (κ3) is 7.78. The molecule has 0 fully saturated rings. The first-order valence-electron chi connectivity index (χ1n) is 5.05. The van der Waals surface area contributed by atoms with Crippen molar-refractivity contribution in [1.29, 1.82) is 0 Å². The van der Waals surface area contributed by atoms with Crippen LogP contribution in [0, 0.1) is 5.41 Å². The van der Waals surface area contributed by atoms with Crippen LogP contribution in [-0.4, -0.2) is 30.7 Å². The van der Waals surface area contributed by atoms with E-state index in [9.17, 15) is 9.59 Å². The van der Waals surface area contributed by atoms with Gasteiger partial charge >= 0.3 is 12.0 Å². The average Bonchev–Trinajstić information content (AvgIpc) is 2.14. The van der Waals surface area contributed by atoms with Crippen molar-refractivity contribution in [3.63, 3.8) is 0 Å². The number of carboxylic acid groups (broad SMARTS) is 1. The second-order valence-electron chi connectivity index (χ2n) is 4.31. The molecule has 0 aliphatic carbocycles. The van der Waals surface area contributed by atoms with Crippen LogP contribution >= 0.6 is 0 Å². The Labute approximate surface area is 90.2 Å². The molecule has 2 amide bonds. The molecule has 0 radical (unpaired) electrons. The molecule has 0 saturated heterocycles. The minimum Gasteiger partial charge on any atom is -0.481 e. The molecule has 0 unspecified atom stereocenters. The lowest BCUT2D eigenvalue weighted by atomic mass is 9.84. The predicted octanol–water partition coefficient (Wildman–Crippen LogP) is 1.20. The van der Waals surface area contributed by atoms with E-state index in [-0.39, 0.29) is 17.9 Å². The molecular formula is C10H20N2O3. The zero-order valence-corrected chi connectivity index (χ0v) is 9.59. The van der Waals surface area contributed by atoms with Crippen molar-refractivity contribution in [3.8, 4) is 0 Å². The first-order chi connectivity index (χ1) is 6.87. The standard InChI is InChI=1S/C10H20N2O3/c1-10(2,5-4-8(13)14)6-7-12-9(15)11-3/h4-7H2,1-3H3,(H,13,14)(H2,11,12,15). The van der Waals surface area contributed by atoms with Crippen molar-refractivity contribution in [2.45, 2.75) is 33.1 Å². The van der Waals surface area contributed by atoms with Gasteiger partial charge in [0.2, 0.25) is 0 Å². The van der Waals surface area contributed by atoms with E-state index in [0.29, 0.717) is 13.0 Å². The Hall–Kier alpha value is -1.26. The number of rotatable bonds is 6. The van der Waals surface area contributed by atoms with Crippen LogP contribution in [0.15, 0.2) is 0 Å². The lowest BCUT2D eigenvalue weighted by Crippen LogP contribution is -2.35. The maximum absolute atomic E-state index is 10.8. The first kappa shape index (κ1) is 13.7. The fraction of sp³-hybridized carbons (Fsp3) is 0.800. The van der Waals surface area contributed by atoms with Crippen LogP contribution in [0.3, 0.4) is 0 Å². The summed E-state index contributed by atoms with van der Waals surface area (Å²) in [5.74, 6) is -0.776. The number of nitrogens with one attached hydrogen (secondary N) is 2. The summed E-state index contributed by atoms with van der Waals surface area (Å²) >= 11 is 0. The number of aliphatic carboxylic acids is 1. The van der Waals surface area contributed by atoms with Crippen LogP contribution < -0.4 is 10.6 Å². The van der Waals surface area contributed by atoms with Gasteiger partial charge in [0, 0.05) is 20.0 Å². The van der Waals surface area contributed by atoms with Crippen LogP contribution in [0.4, 0.5) is 4.79 Å². The number of carbonyl (C=O) groups is 2. The summed E-state index contributed by atoms with van der Waals surface area (Å²) in [6.45, 7) is 4.56. The maximum atomic E-state index is 10.8. The zero-order chi connectivity index (χ0) is 11.9. The second kappa shape index (κ2) is 6.27. The molecule has 0 aromatic carbocycles. The maximum Gasteiger partial charge on any atom is 0.314 e. The minimum atomic E-state index is -0.776. The highest BCUT2D eigenvalue weighted by molar-refractivity contribution is 5.73. The Morgan fingerprint density at radius 2 is 1.87 bits per heavy atom. The van der Waals surface area contributed by atoms with E-state index in [0.717, 1.165) is 6.42 Å². The van der Waals surface area contributed by atoms with Gasteiger partial charge in [-0.15, -0.1) is 0 Å². The average molecular weight is 216 g/mol. The molecule has 0 rings (SSSR count). The van der Waals surface area contributed by atoms with Crippen molar-refractivity contribution >= 4 is 12.0 Å². The van der Waals surface area contributed by atoms with E-state index in [4.69, 9.17) is 5.11 Å². The van der Waals surface area contributed by atoms with Crippen molar-refractivity contribution in [1.82, 2.24) is 10.6 Å². The van der Waals surface area contributed by atoms with Crippen molar-refractivity contribution in [3.05, 3.63) is 0 Å². The fourth-order valence-corrected chi connectivity index (χ4v) is 1.17. The van der Waals surface area contributed by atoms with Gasteiger partial charge < -0.3 is 15.7 Å². The highest BCUT2D eigenvalue weighted by Gasteiger charge is 2.18. The van der Waals surface area contributed by atoms with E-state index >= 15 is 0 Å². The lowest BCUT2D eigenvalue weighted by molar-refractivity contribution is -0.137. The van der Waals surface area contributed by atoms with Gasteiger partial charge in [0.15, 0.2) is 0 Å². The molecule has 0 spiro atoms. The summed E-state index contributed by atoms with van der Waals surface area (Å²) in [6, 6.07) is -0.205. The Kier molecular flexibility index (Phi) is 5.74. The third-order valence-electron chi connectivity index (χ3n) is 2.33. The van der Waals surface area contributed by atoms with Crippen LogP contribution in [0.25, 0.3) is 0 Å². The molecule has 0 aliphatic heterocycles. The van der Waals surface area contributed by atoms with Crippen LogP contribution in [0.5, 0.6) is 0 Å². The van der Waals surface area contributed by atoms with E-state index in [1.165, 1.54) is 0 Å². The molecule has 0 atom stereocenters. The van der Waals surface area contributed by atoms with E-state index in [1.807, 2.05) is 13.8 Å². The highest BCUT2D eigenvalue weighted by atomic mass is 16.4. The van der Waals surface area contributed by atoms with Crippen LogP contribution in [0.1, 0.15) is 33.1 Å². The smallest absolute Gasteiger partial charge is 0.314 e. The molecule has 0 heterocycles. The monoisotopic (exact) mass is 216 g/mol. The molecule has 0 saturated carbocycles. The first-order valence-corrected chi connectivity index (χ1v) is 5.05. The van der Waals surface area contributed by atoms with Crippen molar-refractivity contribution in [2.24, 2.45) is 5.41 Å². The number of carboxylic acids is 1. The summed E-state index contributed by atoms with van der Waals surface area (Å²) in [7, 11) is 1.56. The SMILES string of the molecule is CNC(=O)NCCC(C)(C)CCC(=O)O. The number of hydrogen-bond donors (Lipinski definition) is 3. The molecule has 3 N–H and O–H groups in total. The summed E-state index contributed by atoms with van der Waals surface area (Å²) in [6.07, 6.45) is 1.57. The van der Waals surface area contributed by atoms with Gasteiger partial charge in [-0.2, -0.15) is 0 Å². The molecular weight excluding hydrogens is 196 g/mol. The topological polar surface area (TPSA) is 78.4 Å². The molecule has 5 nitrogen and oxygen atoms in total. The summed E-state index contributed by atoms with van der Waals surface area (Å²) in [4.78, 5) is 21.2. The van der Waals surface area contributed by atoms with Gasteiger partial charge in [0.1, 0.15) is 0 Å². The quantitative estimate of drug-likeness (QED) is 0.624. The Morgan fingerprint density at radius 1 is 1.27 bits per heavy atom. The lowest BCUT2D eigenvalue weighted by Gasteiger charge is -2.23. The van der Waals surface area contributed by atoms with Crippen LogP contribution in [0.2, 0.25) is 0 Å². The molecule has 88 valence electrons. The minimum absolute atomic E-state index is 0.0561. The molecule has 5 heteroatoms. The van der Waals surface area contributed by atoms with E-state index in [1.54, 1.807) is 7.05 Å². The van der Waals surface area contributed by atoms with Crippen molar-refractivity contribution in [2.75, 3.05) is 13.6 Å². The number of hydrogen-bond acceptors (Lipinski definition) is 2. The largest absolute Gasteiger partial charge is 0.481 e. The zero-order valence-electron chi connectivity index (χ0n) is 9.59. The highest BCUT2D eigenvalue weighted by Crippen LogP contribution is 2.25.